The van der Waals surface area contributed by atoms with Crippen molar-refractivity contribution in [3.8, 4) is 0 Å². The van der Waals surface area contributed by atoms with Crippen molar-refractivity contribution in [1.29, 1.82) is 0 Å². The van der Waals surface area contributed by atoms with Crippen LogP contribution < -0.4 is 5.32 Å². The molecule has 4 heteroatoms. The van der Waals surface area contributed by atoms with Gasteiger partial charge in [0.05, 0.1) is 18.8 Å². The molecule has 0 heterocycles. The summed E-state index contributed by atoms with van der Waals surface area (Å²) in [6.07, 6.45) is 69.1. The molecule has 2 unspecified atom stereocenters. The minimum atomic E-state index is -0.859. The fraction of sp³-hybridized carbons (Fsp3) is 0.911. The van der Waals surface area contributed by atoms with E-state index in [1.54, 1.807) is 6.08 Å². The van der Waals surface area contributed by atoms with E-state index in [1.807, 2.05) is 6.08 Å². The Kier molecular flexibility index (Phi) is 51.2. The fourth-order valence-corrected chi connectivity index (χ4v) is 8.73. The molecule has 0 radical (unpaired) electrons. The molecule has 0 aromatic heterocycles. The number of aliphatic hydroxyl groups excluding tert-OH is 2. The van der Waals surface area contributed by atoms with Crippen LogP contribution in [0.25, 0.3) is 0 Å². The highest BCUT2D eigenvalue weighted by Gasteiger charge is 2.18. The number of hydrogen-bond acceptors (Lipinski definition) is 3. The number of unbranched alkanes of at least 4 members (excludes halogenated alkanes) is 42. The Labute approximate surface area is 377 Å². The zero-order valence-electron chi connectivity index (χ0n) is 41.0. The molecule has 60 heavy (non-hydrogen) atoms. The molecule has 0 spiro atoms. The number of aliphatic hydroxyl groups is 2. The van der Waals surface area contributed by atoms with Gasteiger partial charge in [-0.25, -0.2) is 0 Å². The third-order valence-corrected chi connectivity index (χ3v) is 12.9. The SMILES string of the molecule is CCCCCCCCCCCCCCCCCCCCCCC/C=C/CC/C=C/C(O)C(CO)NC(=O)CCCCCCCCCCCCCCCCCCCCCCC. The minimum absolute atomic E-state index is 0.0672. The van der Waals surface area contributed by atoms with Gasteiger partial charge in [-0.3, -0.25) is 4.79 Å². The molecule has 0 aromatic carbocycles. The van der Waals surface area contributed by atoms with E-state index in [1.165, 1.54) is 257 Å². The summed E-state index contributed by atoms with van der Waals surface area (Å²) in [5, 5.41) is 23.1. The molecule has 1 amide bonds. The van der Waals surface area contributed by atoms with Crippen LogP contribution in [0, 0.1) is 0 Å². The van der Waals surface area contributed by atoms with Crippen molar-refractivity contribution in [3.05, 3.63) is 24.3 Å². The second-order valence-corrected chi connectivity index (χ2v) is 19.0. The topological polar surface area (TPSA) is 69.6 Å². The largest absolute Gasteiger partial charge is 0.394 e. The van der Waals surface area contributed by atoms with Crippen LogP contribution in [0.15, 0.2) is 24.3 Å². The first kappa shape index (κ1) is 58.9. The molecular formula is C56H109NO3. The molecule has 0 fully saturated rings. The third-order valence-electron chi connectivity index (χ3n) is 12.9. The van der Waals surface area contributed by atoms with E-state index in [2.05, 4.69) is 31.3 Å². The standard InChI is InChI=1S/C56H109NO3/c1-3-5-7-9-11-13-15-17-19-21-23-25-26-27-28-29-30-32-33-35-37-39-41-43-45-47-49-51-55(59)54(53-58)57-56(60)52-50-48-46-44-42-40-38-36-34-31-24-22-20-18-16-14-12-10-8-6-4-2/h41,43,49,51,54-55,58-59H,3-40,42,44-48,50,52-53H2,1-2H3,(H,57,60)/b43-41+,51-49+. The number of nitrogens with one attached hydrogen (secondary N) is 1. The number of hydrogen-bond donors (Lipinski definition) is 3. The van der Waals surface area contributed by atoms with Crippen LogP contribution in [0.5, 0.6) is 0 Å². The molecule has 356 valence electrons. The van der Waals surface area contributed by atoms with Crippen LogP contribution in [0.4, 0.5) is 0 Å². The fourth-order valence-electron chi connectivity index (χ4n) is 8.73. The molecule has 0 aliphatic carbocycles. The number of carbonyl (C=O) groups is 1. The van der Waals surface area contributed by atoms with E-state index >= 15 is 0 Å². The first-order chi connectivity index (χ1) is 29.7. The van der Waals surface area contributed by atoms with Crippen molar-refractivity contribution < 1.29 is 15.0 Å². The number of rotatable bonds is 51. The van der Waals surface area contributed by atoms with E-state index in [0.717, 1.165) is 32.1 Å². The molecule has 0 aromatic rings. The van der Waals surface area contributed by atoms with Crippen LogP contribution >= 0.6 is 0 Å². The van der Waals surface area contributed by atoms with Gasteiger partial charge in [0, 0.05) is 6.42 Å². The predicted molar refractivity (Wildman–Crippen MR) is 267 cm³/mol. The highest BCUT2D eigenvalue weighted by Crippen LogP contribution is 2.17. The average molecular weight is 844 g/mol. The first-order valence-corrected chi connectivity index (χ1v) is 27.6. The molecule has 0 aliphatic rings. The minimum Gasteiger partial charge on any atom is -0.394 e. The summed E-state index contributed by atoms with van der Waals surface area (Å²) in [7, 11) is 0. The van der Waals surface area contributed by atoms with Crippen LogP contribution in [0.2, 0.25) is 0 Å². The van der Waals surface area contributed by atoms with Gasteiger partial charge in [-0.15, -0.1) is 0 Å². The highest BCUT2D eigenvalue weighted by molar-refractivity contribution is 5.76. The lowest BCUT2D eigenvalue weighted by Crippen LogP contribution is -2.45. The molecule has 0 saturated carbocycles. The lowest BCUT2D eigenvalue weighted by molar-refractivity contribution is -0.123. The van der Waals surface area contributed by atoms with Gasteiger partial charge >= 0.3 is 0 Å². The molecule has 0 aliphatic heterocycles. The van der Waals surface area contributed by atoms with Gasteiger partial charge in [0.15, 0.2) is 0 Å². The Morgan fingerprint density at radius 3 is 0.967 bits per heavy atom. The van der Waals surface area contributed by atoms with Gasteiger partial charge in [0.1, 0.15) is 0 Å². The lowest BCUT2D eigenvalue weighted by Gasteiger charge is -2.19. The van der Waals surface area contributed by atoms with Gasteiger partial charge in [-0.1, -0.05) is 295 Å². The van der Waals surface area contributed by atoms with Crippen molar-refractivity contribution in [3.63, 3.8) is 0 Å². The molecule has 4 nitrogen and oxygen atoms in total. The van der Waals surface area contributed by atoms with Crippen molar-refractivity contribution in [2.24, 2.45) is 0 Å². The summed E-state index contributed by atoms with van der Waals surface area (Å²) in [5.74, 6) is -0.0672. The quantitative estimate of drug-likeness (QED) is 0.0422. The van der Waals surface area contributed by atoms with Gasteiger partial charge < -0.3 is 15.5 Å². The molecule has 3 N–H and O–H groups in total. The highest BCUT2D eigenvalue weighted by atomic mass is 16.3. The molecule has 2 atom stereocenters. The Balaban J connectivity index is 3.50. The maximum absolute atomic E-state index is 12.4. The first-order valence-electron chi connectivity index (χ1n) is 27.6. The third kappa shape index (κ3) is 47.9. The molecule has 0 bridgehead atoms. The Bertz CT molecular complexity index is 871. The van der Waals surface area contributed by atoms with E-state index in [4.69, 9.17) is 0 Å². The molecular weight excluding hydrogens is 735 g/mol. The predicted octanol–water partition coefficient (Wildman–Crippen LogP) is 17.9. The summed E-state index contributed by atoms with van der Waals surface area (Å²) in [6.45, 7) is 4.34. The second kappa shape index (κ2) is 52.2. The van der Waals surface area contributed by atoms with Gasteiger partial charge in [0.25, 0.3) is 0 Å². The van der Waals surface area contributed by atoms with Gasteiger partial charge in [0.2, 0.25) is 5.91 Å². The van der Waals surface area contributed by atoms with E-state index in [0.29, 0.717) is 6.42 Å². The van der Waals surface area contributed by atoms with Crippen LogP contribution in [-0.4, -0.2) is 34.9 Å². The average Bonchev–Trinajstić information content (AvgIpc) is 3.25. The summed E-state index contributed by atoms with van der Waals surface area (Å²) < 4.78 is 0. The van der Waals surface area contributed by atoms with Gasteiger partial charge in [-0.2, -0.15) is 0 Å². The molecule has 0 rings (SSSR count). The van der Waals surface area contributed by atoms with Crippen molar-refractivity contribution in [1.82, 2.24) is 5.32 Å². The lowest BCUT2D eigenvalue weighted by atomic mass is 10.0. The maximum Gasteiger partial charge on any atom is 0.220 e. The summed E-state index contributed by atoms with van der Waals surface area (Å²) in [5.41, 5.74) is 0. The smallest absolute Gasteiger partial charge is 0.220 e. The van der Waals surface area contributed by atoms with E-state index < -0.39 is 12.1 Å². The number of carbonyl (C=O) groups excluding carboxylic acids is 1. The number of amides is 1. The van der Waals surface area contributed by atoms with Crippen molar-refractivity contribution in [2.45, 2.75) is 321 Å². The van der Waals surface area contributed by atoms with E-state index in [-0.39, 0.29) is 12.5 Å². The van der Waals surface area contributed by atoms with E-state index in [9.17, 15) is 15.0 Å². The summed E-state index contributed by atoms with van der Waals surface area (Å²) >= 11 is 0. The van der Waals surface area contributed by atoms with Crippen LogP contribution in [0.1, 0.15) is 309 Å². The van der Waals surface area contributed by atoms with Crippen molar-refractivity contribution >= 4 is 5.91 Å². The maximum atomic E-state index is 12.4. The van der Waals surface area contributed by atoms with Gasteiger partial charge in [-0.05, 0) is 32.1 Å². The van der Waals surface area contributed by atoms with Crippen LogP contribution in [-0.2, 0) is 4.79 Å². The number of allylic oxidation sites excluding steroid dienone is 3. The second-order valence-electron chi connectivity index (χ2n) is 19.0. The zero-order valence-corrected chi connectivity index (χ0v) is 41.0. The zero-order chi connectivity index (χ0) is 43.5. The molecule has 0 saturated heterocycles. The summed E-state index contributed by atoms with van der Waals surface area (Å²) in [6, 6.07) is -0.636. The monoisotopic (exact) mass is 844 g/mol. The normalized spacial score (nSPS) is 12.9. The summed E-state index contributed by atoms with van der Waals surface area (Å²) in [4.78, 5) is 12.4. The Morgan fingerprint density at radius 1 is 0.383 bits per heavy atom. The Hall–Kier alpha value is -1.13. The van der Waals surface area contributed by atoms with Crippen LogP contribution in [0.3, 0.4) is 0 Å². The van der Waals surface area contributed by atoms with Crippen molar-refractivity contribution in [2.75, 3.05) is 6.61 Å². The Morgan fingerprint density at radius 2 is 0.650 bits per heavy atom.